The molecule has 410 valence electrons. The molecule has 1 N–H and O–H groups in total. The molecule has 0 aromatic heterocycles. The minimum Gasteiger partial charge on any atom is -0.339 e. The number of rotatable bonds is 51. The lowest BCUT2D eigenvalue weighted by Crippen LogP contribution is -2.65. The van der Waals surface area contributed by atoms with Gasteiger partial charge in [-0.1, -0.05) is 310 Å². The molecule has 1 spiro atoms. The number of amides is 1. The molecule has 1 amide bonds. The third kappa shape index (κ3) is 31.7. The van der Waals surface area contributed by atoms with E-state index in [2.05, 4.69) is 58.7 Å². The van der Waals surface area contributed by atoms with Gasteiger partial charge in [-0.2, -0.15) is 0 Å². The standard InChI is InChI=1S/C65H128N2O2/c1-8-11-14-17-20-23-26-29-32-35-38-41-44-47-50-53-56-65(57-54-51-48-45-42-39-36-33-30-27-24-21-18-15-12-9-2)67(61(68)64(69-65)59-62(4,5)66-63(6,7)60-64)58-55-52-49-46-43-40-37-34-31-28-25-22-19-16-13-10-3/h66H,8-60H2,1-7H3. The molecule has 0 bridgehead atoms. The maximum Gasteiger partial charge on any atom is 0.257 e. The number of ether oxygens (including phenoxy) is 1. The number of nitrogens with one attached hydrogen (secondary N) is 1. The minimum atomic E-state index is -0.711. The van der Waals surface area contributed by atoms with Crippen LogP contribution in [-0.2, 0) is 9.53 Å². The van der Waals surface area contributed by atoms with Crippen LogP contribution in [0, 0.1) is 0 Å². The Kier molecular flexibility index (Phi) is 39.0. The van der Waals surface area contributed by atoms with Gasteiger partial charge in [0.15, 0.2) is 5.60 Å². The molecule has 4 nitrogen and oxygen atoms in total. The van der Waals surface area contributed by atoms with Crippen molar-refractivity contribution >= 4 is 5.91 Å². The van der Waals surface area contributed by atoms with Crippen LogP contribution in [-0.4, -0.2) is 39.8 Å². The SMILES string of the molecule is CCCCCCCCCCCCCCCCCCN1C(=O)C2(CC(C)(C)NC(C)(C)C2)OC1(CCCCCCCCCCCCCCCCCC)CCCCCCCCCCCCCCCCCC. The first-order valence-electron chi connectivity index (χ1n) is 32.4. The number of carbonyl (C=O) groups is 1. The van der Waals surface area contributed by atoms with Crippen molar-refractivity contribution in [1.29, 1.82) is 0 Å². The molecule has 0 atom stereocenters. The lowest BCUT2D eigenvalue weighted by molar-refractivity contribution is -0.176. The summed E-state index contributed by atoms with van der Waals surface area (Å²) in [5, 5.41) is 3.90. The third-order valence-electron chi connectivity index (χ3n) is 16.7. The predicted octanol–water partition coefficient (Wildman–Crippen LogP) is 21.8. The maximum absolute atomic E-state index is 15.2. The zero-order valence-electron chi connectivity index (χ0n) is 48.7. The van der Waals surface area contributed by atoms with E-state index in [0.29, 0.717) is 5.91 Å². The first-order chi connectivity index (χ1) is 33.6. The predicted molar refractivity (Wildman–Crippen MR) is 307 cm³/mol. The molecule has 2 fully saturated rings. The molecule has 2 aliphatic heterocycles. The Labute approximate surface area is 435 Å². The lowest BCUT2D eigenvalue weighted by Gasteiger charge is -2.50. The van der Waals surface area contributed by atoms with Crippen molar-refractivity contribution in [2.45, 2.75) is 405 Å². The van der Waals surface area contributed by atoms with Gasteiger partial charge < -0.3 is 15.0 Å². The summed E-state index contributed by atoms with van der Waals surface area (Å²) >= 11 is 0. The average Bonchev–Trinajstić information content (AvgIpc) is 3.51. The highest BCUT2D eigenvalue weighted by Gasteiger charge is 2.64. The van der Waals surface area contributed by atoms with Crippen LogP contribution in [0.25, 0.3) is 0 Å². The van der Waals surface area contributed by atoms with Crippen molar-refractivity contribution in [1.82, 2.24) is 10.2 Å². The van der Waals surface area contributed by atoms with Crippen LogP contribution in [0.2, 0.25) is 0 Å². The minimum absolute atomic E-state index is 0.143. The Hall–Kier alpha value is -0.610. The monoisotopic (exact) mass is 969 g/mol. The van der Waals surface area contributed by atoms with Crippen LogP contribution in [0.15, 0.2) is 0 Å². The highest BCUT2D eigenvalue weighted by atomic mass is 16.6. The van der Waals surface area contributed by atoms with Crippen LogP contribution in [0.5, 0.6) is 0 Å². The number of carbonyl (C=O) groups excluding carboxylic acids is 1. The summed E-state index contributed by atoms with van der Waals surface area (Å²) in [6.07, 6.45) is 70.1. The van der Waals surface area contributed by atoms with E-state index in [1.165, 1.54) is 302 Å². The second-order valence-corrected chi connectivity index (χ2v) is 25.2. The molecule has 2 rings (SSSR count). The van der Waals surface area contributed by atoms with E-state index in [1.807, 2.05) is 0 Å². The molecule has 0 aliphatic carbocycles. The van der Waals surface area contributed by atoms with E-state index in [-0.39, 0.29) is 11.1 Å². The van der Waals surface area contributed by atoms with Crippen molar-refractivity contribution in [3.8, 4) is 0 Å². The topological polar surface area (TPSA) is 41.6 Å². The zero-order valence-corrected chi connectivity index (χ0v) is 48.7. The second kappa shape index (κ2) is 41.7. The van der Waals surface area contributed by atoms with E-state index in [1.54, 1.807) is 0 Å². The van der Waals surface area contributed by atoms with Gasteiger partial charge >= 0.3 is 0 Å². The van der Waals surface area contributed by atoms with E-state index in [0.717, 1.165) is 38.6 Å². The van der Waals surface area contributed by atoms with Crippen LogP contribution in [0.4, 0.5) is 0 Å². The zero-order chi connectivity index (χ0) is 50.0. The summed E-state index contributed by atoms with van der Waals surface area (Å²) in [6.45, 7) is 17.0. The van der Waals surface area contributed by atoms with E-state index in [9.17, 15) is 0 Å². The number of nitrogens with zero attached hydrogens (tertiary/aromatic N) is 1. The molecule has 0 aromatic carbocycles. The van der Waals surface area contributed by atoms with E-state index >= 15 is 4.79 Å². The Balaban J connectivity index is 1.92. The van der Waals surface area contributed by atoms with Gasteiger partial charge in [0.2, 0.25) is 0 Å². The van der Waals surface area contributed by atoms with Gasteiger partial charge in [0.05, 0.1) is 0 Å². The normalized spacial score (nSPS) is 17.2. The average molecular weight is 970 g/mol. The molecule has 2 aliphatic rings. The molecule has 0 saturated carbocycles. The fourth-order valence-electron chi connectivity index (χ4n) is 13.1. The molecular weight excluding hydrogens is 841 g/mol. The van der Waals surface area contributed by atoms with Gasteiger partial charge in [-0.05, 0) is 59.8 Å². The molecule has 0 radical (unpaired) electrons. The number of unbranched alkanes of at least 4 members (excludes halogenated alkanes) is 45. The Morgan fingerprint density at radius 2 is 0.565 bits per heavy atom. The fourth-order valence-corrected chi connectivity index (χ4v) is 13.1. The summed E-state index contributed by atoms with van der Waals surface area (Å²) in [7, 11) is 0. The third-order valence-corrected chi connectivity index (χ3v) is 16.7. The van der Waals surface area contributed by atoms with Crippen LogP contribution >= 0.6 is 0 Å². The maximum atomic E-state index is 15.2. The highest BCUT2D eigenvalue weighted by Crippen LogP contribution is 2.51. The van der Waals surface area contributed by atoms with Crippen LogP contribution < -0.4 is 5.32 Å². The number of piperidine rings is 1. The van der Waals surface area contributed by atoms with Crippen molar-refractivity contribution in [2.75, 3.05) is 6.54 Å². The fraction of sp³-hybridized carbons (Fsp3) is 0.985. The first-order valence-corrected chi connectivity index (χ1v) is 32.4. The van der Waals surface area contributed by atoms with Gasteiger partial charge in [-0.15, -0.1) is 0 Å². The number of hydrogen-bond acceptors (Lipinski definition) is 3. The van der Waals surface area contributed by atoms with E-state index < -0.39 is 11.3 Å². The molecule has 2 saturated heterocycles. The molecule has 2 heterocycles. The van der Waals surface area contributed by atoms with Gasteiger partial charge in [0.25, 0.3) is 5.91 Å². The molecule has 69 heavy (non-hydrogen) atoms. The van der Waals surface area contributed by atoms with Crippen LogP contribution in [0.1, 0.15) is 382 Å². The summed E-state index contributed by atoms with van der Waals surface area (Å²) in [4.78, 5) is 17.6. The summed E-state index contributed by atoms with van der Waals surface area (Å²) in [5.74, 6) is 0.332. The molecule has 0 aromatic rings. The highest BCUT2D eigenvalue weighted by molar-refractivity contribution is 5.88. The molecular formula is C65H128N2O2. The Morgan fingerprint density at radius 1 is 0.348 bits per heavy atom. The van der Waals surface area contributed by atoms with Gasteiger partial charge in [-0.3, -0.25) is 4.79 Å². The Morgan fingerprint density at radius 3 is 0.812 bits per heavy atom. The van der Waals surface area contributed by atoms with Crippen molar-refractivity contribution in [3.63, 3.8) is 0 Å². The van der Waals surface area contributed by atoms with Crippen molar-refractivity contribution in [2.24, 2.45) is 0 Å². The summed E-state index contributed by atoms with van der Waals surface area (Å²) in [5.41, 5.74) is -1.44. The largest absolute Gasteiger partial charge is 0.339 e. The first kappa shape index (κ1) is 64.5. The van der Waals surface area contributed by atoms with Crippen LogP contribution in [0.3, 0.4) is 0 Å². The molecule has 0 unspecified atom stereocenters. The van der Waals surface area contributed by atoms with Crippen molar-refractivity contribution in [3.05, 3.63) is 0 Å². The van der Waals surface area contributed by atoms with Gasteiger partial charge in [0.1, 0.15) is 5.72 Å². The number of hydrogen-bond donors (Lipinski definition) is 1. The van der Waals surface area contributed by atoms with E-state index in [4.69, 9.17) is 4.74 Å². The quantitative estimate of drug-likeness (QED) is 0.0618. The van der Waals surface area contributed by atoms with Crippen molar-refractivity contribution < 1.29 is 9.53 Å². The second-order valence-electron chi connectivity index (χ2n) is 25.2. The van der Waals surface area contributed by atoms with Gasteiger partial charge in [0, 0.05) is 30.5 Å². The molecule has 4 heteroatoms. The van der Waals surface area contributed by atoms with Gasteiger partial charge in [-0.25, -0.2) is 0 Å². The summed E-state index contributed by atoms with van der Waals surface area (Å²) < 4.78 is 7.64. The Bertz CT molecular complexity index is 1090. The summed E-state index contributed by atoms with van der Waals surface area (Å²) in [6, 6.07) is 0. The lowest BCUT2D eigenvalue weighted by atomic mass is 9.72. The smallest absolute Gasteiger partial charge is 0.257 e.